The lowest BCUT2D eigenvalue weighted by atomic mass is 10.0. The number of sulfone groups is 1. The van der Waals surface area contributed by atoms with Gasteiger partial charge in [0, 0.05) is 25.7 Å². The Hall–Kier alpha value is -2.13. The van der Waals surface area contributed by atoms with E-state index in [1.807, 2.05) is 4.90 Å². The van der Waals surface area contributed by atoms with Gasteiger partial charge < -0.3 is 15.1 Å². The number of aliphatic carboxylic acids is 1. The Morgan fingerprint density at radius 1 is 1.12 bits per heavy atom. The lowest BCUT2D eigenvalue weighted by molar-refractivity contribution is -0.137. The maximum absolute atomic E-state index is 12.8. The third-order valence-corrected chi connectivity index (χ3v) is 6.50. The molecular formula is C16H20N2O6S. The molecule has 2 heterocycles. The number of aromatic hydroxyl groups is 1. The normalized spacial score (nSPS) is 25.5. The lowest BCUT2D eigenvalue weighted by Crippen LogP contribution is -2.60. The summed E-state index contributed by atoms with van der Waals surface area (Å²) in [6.07, 6.45) is -0.0727. The maximum atomic E-state index is 12.8. The van der Waals surface area contributed by atoms with E-state index in [9.17, 15) is 23.1 Å². The molecule has 2 fully saturated rings. The number of carbonyl (C=O) groups is 2. The second-order valence-corrected chi connectivity index (χ2v) is 8.56. The van der Waals surface area contributed by atoms with Crippen molar-refractivity contribution in [1.82, 2.24) is 9.80 Å². The van der Waals surface area contributed by atoms with E-state index >= 15 is 0 Å². The maximum Gasteiger partial charge on any atom is 0.304 e. The van der Waals surface area contributed by atoms with Gasteiger partial charge in [-0.15, -0.1) is 0 Å². The first-order chi connectivity index (χ1) is 11.8. The number of hydrogen-bond donors (Lipinski definition) is 2. The van der Waals surface area contributed by atoms with Crippen LogP contribution in [0.2, 0.25) is 0 Å². The van der Waals surface area contributed by atoms with Crippen molar-refractivity contribution in [1.29, 1.82) is 0 Å². The molecule has 9 heteroatoms. The molecule has 1 aromatic rings. The second-order valence-electron chi connectivity index (χ2n) is 6.41. The van der Waals surface area contributed by atoms with E-state index in [0.717, 1.165) is 0 Å². The molecule has 0 aromatic heterocycles. The van der Waals surface area contributed by atoms with Gasteiger partial charge in [-0.3, -0.25) is 14.5 Å². The van der Waals surface area contributed by atoms with Crippen LogP contribution in [0.25, 0.3) is 0 Å². The number of carbonyl (C=O) groups excluding carboxylic acids is 1. The van der Waals surface area contributed by atoms with Crippen molar-refractivity contribution < 1.29 is 28.2 Å². The highest BCUT2D eigenvalue weighted by Crippen LogP contribution is 2.29. The van der Waals surface area contributed by atoms with Gasteiger partial charge in [0.1, 0.15) is 5.75 Å². The first-order valence-corrected chi connectivity index (χ1v) is 9.86. The summed E-state index contributed by atoms with van der Waals surface area (Å²) >= 11 is 0. The fourth-order valence-electron chi connectivity index (χ4n) is 3.60. The van der Waals surface area contributed by atoms with Gasteiger partial charge in [0.15, 0.2) is 9.84 Å². The van der Waals surface area contributed by atoms with Gasteiger partial charge in [-0.1, -0.05) is 12.1 Å². The average molecular weight is 368 g/mol. The Kier molecular flexibility index (Phi) is 4.70. The Balaban J connectivity index is 1.85. The number of rotatable bonds is 4. The van der Waals surface area contributed by atoms with E-state index in [4.69, 9.17) is 5.11 Å². The fourth-order valence-corrected chi connectivity index (χ4v) is 5.61. The van der Waals surface area contributed by atoms with Crippen LogP contribution in [0.5, 0.6) is 5.75 Å². The van der Waals surface area contributed by atoms with E-state index in [2.05, 4.69) is 0 Å². The van der Waals surface area contributed by atoms with Gasteiger partial charge in [-0.05, 0) is 12.1 Å². The number of carboxylic acid groups (broad SMARTS) is 1. The number of nitrogens with zero attached hydrogens (tertiary/aromatic N) is 2. The molecule has 25 heavy (non-hydrogen) atoms. The minimum absolute atomic E-state index is 0.0727. The van der Waals surface area contributed by atoms with Gasteiger partial charge in [-0.25, -0.2) is 8.42 Å². The van der Waals surface area contributed by atoms with E-state index in [1.165, 1.54) is 17.0 Å². The molecule has 0 aliphatic carbocycles. The Labute approximate surface area is 145 Å². The van der Waals surface area contributed by atoms with Gasteiger partial charge in [-0.2, -0.15) is 0 Å². The topological polar surface area (TPSA) is 115 Å². The number of phenolic OH excluding ortho intramolecular Hbond substituents is 1. The van der Waals surface area contributed by atoms with Crippen molar-refractivity contribution in [2.24, 2.45) is 0 Å². The minimum atomic E-state index is -3.30. The van der Waals surface area contributed by atoms with Crippen molar-refractivity contribution in [2.75, 3.05) is 31.1 Å². The van der Waals surface area contributed by atoms with Crippen LogP contribution in [0.4, 0.5) is 0 Å². The fraction of sp³-hybridized carbons (Fsp3) is 0.500. The summed E-state index contributed by atoms with van der Waals surface area (Å²) in [6.45, 7) is 0.956. The van der Waals surface area contributed by atoms with Gasteiger partial charge in [0.2, 0.25) is 0 Å². The molecule has 2 aliphatic heterocycles. The molecule has 2 aliphatic rings. The number of fused-ring (bicyclic) bond motifs is 1. The summed E-state index contributed by atoms with van der Waals surface area (Å²) in [5.41, 5.74) is 0.143. The molecule has 0 bridgehead atoms. The summed E-state index contributed by atoms with van der Waals surface area (Å²) in [6, 6.07) is 5.23. The van der Waals surface area contributed by atoms with Gasteiger partial charge in [0.25, 0.3) is 5.91 Å². The summed E-state index contributed by atoms with van der Waals surface area (Å²) in [5.74, 6) is -1.70. The van der Waals surface area contributed by atoms with Crippen molar-refractivity contribution in [3.8, 4) is 5.75 Å². The van der Waals surface area contributed by atoms with E-state index in [0.29, 0.717) is 13.1 Å². The predicted molar refractivity (Wildman–Crippen MR) is 89.2 cm³/mol. The molecule has 1 amide bonds. The first kappa shape index (κ1) is 17.7. The zero-order valence-corrected chi connectivity index (χ0v) is 14.4. The van der Waals surface area contributed by atoms with E-state index in [-0.39, 0.29) is 35.8 Å². The highest BCUT2D eigenvalue weighted by atomic mass is 32.2. The number of amides is 1. The molecule has 0 unspecified atom stereocenters. The Bertz CT molecular complexity index is 794. The number of piperazine rings is 1. The van der Waals surface area contributed by atoms with Gasteiger partial charge in [0.05, 0.1) is 29.5 Å². The highest BCUT2D eigenvalue weighted by molar-refractivity contribution is 7.91. The predicted octanol–water partition coefficient (Wildman–Crippen LogP) is -0.210. The molecule has 2 N–H and O–H groups in total. The summed E-state index contributed by atoms with van der Waals surface area (Å²) in [4.78, 5) is 27.0. The molecule has 2 atom stereocenters. The van der Waals surface area contributed by atoms with Crippen molar-refractivity contribution in [2.45, 2.75) is 18.5 Å². The molecule has 136 valence electrons. The average Bonchev–Trinajstić information content (AvgIpc) is 2.87. The monoisotopic (exact) mass is 368 g/mol. The van der Waals surface area contributed by atoms with Crippen LogP contribution in [0.15, 0.2) is 24.3 Å². The second kappa shape index (κ2) is 6.64. The lowest BCUT2D eigenvalue weighted by Gasteiger charge is -2.43. The number of phenols is 1. The summed E-state index contributed by atoms with van der Waals surface area (Å²) in [7, 11) is -3.30. The smallest absolute Gasteiger partial charge is 0.304 e. The van der Waals surface area contributed by atoms with Crippen LogP contribution < -0.4 is 0 Å². The van der Waals surface area contributed by atoms with Gasteiger partial charge >= 0.3 is 5.97 Å². The molecule has 0 radical (unpaired) electrons. The molecule has 0 saturated carbocycles. The first-order valence-electron chi connectivity index (χ1n) is 8.04. The van der Waals surface area contributed by atoms with E-state index < -0.39 is 33.8 Å². The third-order valence-electron chi connectivity index (χ3n) is 4.80. The summed E-state index contributed by atoms with van der Waals surface area (Å²) < 4.78 is 24.2. The van der Waals surface area contributed by atoms with Crippen LogP contribution in [0, 0.1) is 0 Å². The zero-order valence-electron chi connectivity index (χ0n) is 13.5. The van der Waals surface area contributed by atoms with Crippen LogP contribution in [0.1, 0.15) is 16.8 Å². The minimum Gasteiger partial charge on any atom is -0.507 e. The van der Waals surface area contributed by atoms with Crippen LogP contribution >= 0.6 is 0 Å². The quantitative estimate of drug-likeness (QED) is 0.755. The summed E-state index contributed by atoms with van der Waals surface area (Å²) in [5, 5.41) is 18.8. The van der Waals surface area contributed by atoms with Crippen molar-refractivity contribution in [3.63, 3.8) is 0 Å². The van der Waals surface area contributed by atoms with E-state index in [1.54, 1.807) is 12.1 Å². The number of benzene rings is 1. The van der Waals surface area contributed by atoms with Crippen LogP contribution in [-0.4, -0.2) is 83.5 Å². The molecule has 0 spiro atoms. The molecule has 2 saturated heterocycles. The number of para-hydroxylation sites is 1. The molecule has 3 rings (SSSR count). The van der Waals surface area contributed by atoms with Crippen LogP contribution in [-0.2, 0) is 14.6 Å². The van der Waals surface area contributed by atoms with Crippen molar-refractivity contribution in [3.05, 3.63) is 29.8 Å². The molecule has 1 aromatic carbocycles. The number of carboxylic acids is 1. The SMILES string of the molecule is O=C(O)CCN1CCN(C(=O)c2ccccc2O)[C@H]2CS(=O)(=O)C[C@H]21. The highest BCUT2D eigenvalue weighted by Gasteiger charge is 2.48. The third kappa shape index (κ3) is 3.62. The Morgan fingerprint density at radius 2 is 1.80 bits per heavy atom. The van der Waals surface area contributed by atoms with Crippen LogP contribution in [0.3, 0.4) is 0 Å². The zero-order chi connectivity index (χ0) is 18.2. The Morgan fingerprint density at radius 3 is 2.48 bits per heavy atom. The molecule has 8 nitrogen and oxygen atoms in total. The molecular weight excluding hydrogens is 348 g/mol. The standard InChI is InChI=1S/C16H20N2O6S/c19-14-4-2-1-3-11(14)16(22)18-8-7-17(6-5-15(20)21)12-9-25(23,24)10-13(12)18/h1-4,12-13,19H,5-10H2,(H,20,21)/t12-,13+/m1/s1. The number of hydrogen-bond acceptors (Lipinski definition) is 6. The largest absolute Gasteiger partial charge is 0.507 e. The van der Waals surface area contributed by atoms with Crippen molar-refractivity contribution >= 4 is 21.7 Å².